The third-order valence-corrected chi connectivity index (χ3v) is 12.3. The summed E-state index contributed by atoms with van der Waals surface area (Å²) in [6, 6.07) is 18.1. The van der Waals surface area contributed by atoms with Crippen LogP contribution in [0.5, 0.6) is 0 Å². The summed E-state index contributed by atoms with van der Waals surface area (Å²) in [5.41, 5.74) is 13.5. The van der Waals surface area contributed by atoms with E-state index in [1.54, 1.807) is 0 Å². The molecule has 0 spiro atoms. The Morgan fingerprint density at radius 1 is 0.467 bits per heavy atom. The van der Waals surface area contributed by atoms with Gasteiger partial charge in [0.2, 0.25) is 0 Å². The normalized spacial score (nSPS) is 14.6. The van der Waals surface area contributed by atoms with Gasteiger partial charge < -0.3 is 17.7 Å². The van der Waals surface area contributed by atoms with Crippen LogP contribution in [0.3, 0.4) is 0 Å². The maximum absolute atomic E-state index is 7.12. The third-order valence-electron chi connectivity index (χ3n) is 9.67. The SMILES string of the molecule is CC(C)(C)c1ccc2c(c1)oc1cc(C(C)(C)C)c3oc4cc(C(C)(C)C)cc5oc6c(C(C)(C)C)ccc7c6p(c54)c3c1n27. The van der Waals surface area contributed by atoms with E-state index in [9.17, 15) is 0 Å². The van der Waals surface area contributed by atoms with Gasteiger partial charge in [0.1, 0.15) is 27.8 Å². The Bertz CT molecular complexity index is 2490. The van der Waals surface area contributed by atoms with Gasteiger partial charge in [-0.25, -0.2) is 0 Å². The molecular formula is C40H44NO3P. The first-order valence-corrected chi connectivity index (χ1v) is 17.5. The maximum atomic E-state index is 7.12. The van der Waals surface area contributed by atoms with Gasteiger partial charge in [0.25, 0.3) is 0 Å². The van der Waals surface area contributed by atoms with Gasteiger partial charge in [-0.1, -0.05) is 103 Å². The van der Waals surface area contributed by atoms with Crippen molar-refractivity contribution < 1.29 is 13.3 Å². The zero-order valence-electron chi connectivity index (χ0n) is 28.7. The predicted molar refractivity (Wildman–Crippen MR) is 192 cm³/mol. The van der Waals surface area contributed by atoms with E-state index in [0.29, 0.717) is 0 Å². The molecule has 0 bridgehead atoms. The zero-order chi connectivity index (χ0) is 32.2. The second kappa shape index (κ2) is 8.59. The summed E-state index contributed by atoms with van der Waals surface area (Å²) >= 11 is 0. The minimum absolute atomic E-state index is 0.00251. The van der Waals surface area contributed by atoms with E-state index in [-0.39, 0.29) is 21.7 Å². The molecule has 4 aromatic heterocycles. The first-order chi connectivity index (χ1) is 20.8. The molecule has 0 aliphatic heterocycles. The van der Waals surface area contributed by atoms with Crippen LogP contribution in [0, 0.1) is 0 Å². The summed E-state index contributed by atoms with van der Waals surface area (Å²) in [4.78, 5) is 0. The van der Waals surface area contributed by atoms with Crippen molar-refractivity contribution in [3.05, 3.63) is 70.8 Å². The van der Waals surface area contributed by atoms with Crippen LogP contribution >= 0.6 is 7.34 Å². The van der Waals surface area contributed by atoms with Crippen LogP contribution in [0.2, 0.25) is 0 Å². The van der Waals surface area contributed by atoms with E-state index in [2.05, 4.69) is 136 Å². The Hall–Kier alpha value is -3.62. The number of benzene rings is 4. The van der Waals surface area contributed by atoms with Gasteiger partial charge in [0.05, 0.1) is 26.4 Å². The summed E-state index contributed by atoms with van der Waals surface area (Å²) in [5.74, 6) is 0. The fraction of sp³-hybridized carbons (Fsp3) is 0.400. The van der Waals surface area contributed by atoms with Gasteiger partial charge in [0, 0.05) is 11.1 Å². The number of rotatable bonds is 0. The minimum atomic E-state index is -0.979. The molecule has 0 aliphatic rings. The first kappa shape index (κ1) is 28.8. The van der Waals surface area contributed by atoms with Gasteiger partial charge in [-0.2, -0.15) is 0 Å². The molecule has 5 heteroatoms. The predicted octanol–water partition coefficient (Wildman–Crippen LogP) is 13.1. The molecule has 232 valence electrons. The number of fused-ring (bicyclic) bond motifs is 3. The quantitative estimate of drug-likeness (QED) is 0.126. The van der Waals surface area contributed by atoms with Crippen molar-refractivity contribution in [2.75, 3.05) is 0 Å². The average Bonchev–Trinajstić information content (AvgIpc) is 2.92. The Labute approximate surface area is 265 Å². The van der Waals surface area contributed by atoms with E-state index in [1.165, 1.54) is 43.1 Å². The molecule has 0 radical (unpaired) electrons. The molecule has 4 nitrogen and oxygen atoms in total. The highest BCUT2D eigenvalue weighted by Crippen LogP contribution is 2.58. The first-order valence-electron chi connectivity index (χ1n) is 16.2. The van der Waals surface area contributed by atoms with Gasteiger partial charge in [-0.15, -0.1) is 0 Å². The van der Waals surface area contributed by atoms with Gasteiger partial charge in [-0.3, -0.25) is 0 Å². The molecule has 0 saturated heterocycles. The highest BCUT2D eigenvalue weighted by atomic mass is 31.1. The largest absolute Gasteiger partial charge is 0.455 e. The van der Waals surface area contributed by atoms with Crippen LogP contribution in [0.1, 0.15) is 105 Å². The van der Waals surface area contributed by atoms with Crippen molar-refractivity contribution in [1.82, 2.24) is 4.40 Å². The lowest BCUT2D eigenvalue weighted by molar-refractivity contribution is 0.561. The highest BCUT2D eigenvalue weighted by molar-refractivity contribution is 7.63. The number of aromatic nitrogens is 1. The molecule has 45 heavy (non-hydrogen) atoms. The zero-order valence-corrected chi connectivity index (χ0v) is 29.6. The van der Waals surface area contributed by atoms with Crippen molar-refractivity contribution in [3.63, 3.8) is 0 Å². The summed E-state index contributed by atoms with van der Waals surface area (Å²) in [5, 5.41) is 3.72. The smallest absolute Gasteiger partial charge is 0.153 e. The van der Waals surface area contributed by atoms with Crippen LogP contribution in [0.25, 0.3) is 65.4 Å². The van der Waals surface area contributed by atoms with Crippen LogP contribution < -0.4 is 0 Å². The Morgan fingerprint density at radius 2 is 1.02 bits per heavy atom. The van der Waals surface area contributed by atoms with E-state index >= 15 is 0 Å². The molecule has 0 N–H and O–H groups in total. The minimum Gasteiger partial charge on any atom is -0.455 e. The molecule has 4 heterocycles. The lowest BCUT2D eigenvalue weighted by Crippen LogP contribution is -2.14. The number of hydrogen-bond donors (Lipinski definition) is 0. The average molecular weight is 618 g/mol. The third kappa shape index (κ3) is 3.97. The molecule has 8 aromatic rings. The van der Waals surface area contributed by atoms with Crippen molar-refractivity contribution >= 4 is 72.7 Å². The van der Waals surface area contributed by atoms with Crippen molar-refractivity contribution in [1.29, 1.82) is 0 Å². The number of nitrogens with zero attached hydrogens (tertiary/aromatic N) is 1. The molecule has 8 rings (SSSR count). The molecule has 0 saturated carbocycles. The highest BCUT2D eigenvalue weighted by Gasteiger charge is 2.32. The van der Waals surface area contributed by atoms with Crippen LogP contribution in [0.4, 0.5) is 0 Å². The summed E-state index contributed by atoms with van der Waals surface area (Å²) in [6.45, 7) is 27.2. The van der Waals surface area contributed by atoms with Crippen LogP contribution in [0.15, 0.2) is 61.8 Å². The molecule has 0 amide bonds. The van der Waals surface area contributed by atoms with Crippen LogP contribution in [-0.2, 0) is 21.7 Å². The van der Waals surface area contributed by atoms with Gasteiger partial charge >= 0.3 is 0 Å². The van der Waals surface area contributed by atoms with E-state index < -0.39 is 7.34 Å². The van der Waals surface area contributed by atoms with Crippen molar-refractivity contribution in [2.45, 2.75) is 105 Å². The van der Waals surface area contributed by atoms with Crippen molar-refractivity contribution in [2.24, 2.45) is 0 Å². The lowest BCUT2D eigenvalue weighted by atomic mass is 9.86. The number of hydrogen-bond acceptors (Lipinski definition) is 3. The molecule has 0 aliphatic carbocycles. The summed E-state index contributed by atoms with van der Waals surface area (Å²) in [6.07, 6.45) is 0. The van der Waals surface area contributed by atoms with E-state index in [4.69, 9.17) is 13.3 Å². The second-order valence-corrected chi connectivity index (χ2v) is 19.3. The molecule has 0 fully saturated rings. The van der Waals surface area contributed by atoms with Gasteiger partial charge in [-0.05, 0) is 69.2 Å². The maximum Gasteiger partial charge on any atom is 0.153 e. The molecule has 4 aromatic carbocycles. The Balaban J connectivity index is 1.75. The standard InChI is InChI=1S/C40H44NO3P/c1-37(2,3)21-13-15-25-27(17-21)42-28-20-24(40(10,11)12)33-36-31(28)41(25)26-16-14-23(39(7,8)9)32-34(26)45(36)35-29(43-32)18-22(38(4,5)6)19-30(35)44-33/h13-20H,1-12H3. The fourth-order valence-corrected chi connectivity index (χ4v) is 10.0. The van der Waals surface area contributed by atoms with E-state index in [0.717, 1.165) is 44.5 Å². The summed E-state index contributed by atoms with van der Waals surface area (Å²) in [7, 11) is -0.979. The molecule has 1 unspecified atom stereocenters. The van der Waals surface area contributed by atoms with Crippen molar-refractivity contribution in [3.8, 4) is 0 Å². The van der Waals surface area contributed by atoms with Gasteiger partial charge in [0.15, 0.2) is 11.2 Å². The Kier molecular flexibility index (Phi) is 5.50. The molecular weight excluding hydrogens is 573 g/mol. The lowest BCUT2D eigenvalue weighted by Gasteiger charge is -2.28. The monoisotopic (exact) mass is 617 g/mol. The second-order valence-electron chi connectivity index (χ2n) is 17.2. The summed E-state index contributed by atoms with van der Waals surface area (Å²) < 4.78 is 23.6. The van der Waals surface area contributed by atoms with E-state index in [1.807, 2.05) is 0 Å². The van der Waals surface area contributed by atoms with Crippen LogP contribution in [-0.4, -0.2) is 4.40 Å². The fourth-order valence-electron chi connectivity index (χ4n) is 7.11. The topological polar surface area (TPSA) is 43.8 Å². The Morgan fingerprint density at radius 3 is 1.60 bits per heavy atom. The molecule has 1 atom stereocenters.